The van der Waals surface area contributed by atoms with Crippen molar-refractivity contribution in [1.82, 2.24) is 24.5 Å². The molecule has 0 aliphatic rings. The Labute approximate surface area is 138 Å². The van der Waals surface area contributed by atoms with E-state index in [-0.39, 0.29) is 11.9 Å². The molecule has 0 saturated carbocycles. The van der Waals surface area contributed by atoms with Crippen molar-refractivity contribution in [2.45, 2.75) is 32.7 Å². The van der Waals surface area contributed by atoms with Crippen molar-refractivity contribution < 1.29 is 4.79 Å². The summed E-state index contributed by atoms with van der Waals surface area (Å²) in [6.07, 6.45) is 1.70. The number of nitrogens with zero attached hydrogens (tertiary/aromatic N) is 4. The van der Waals surface area contributed by atoms with Crippen LogP contribution in [0.2, 0.25) is 0 Å². The molecule has 1 aromatic carbocycles. The Morgan fingerprint density at radius 2 is 2.17 bits per heavy atom. The summed E-state index contributed by atoms with van der Waals surface area (Å²) >= 11 is 1.14. The van der Waals surface area contributed by atoms with Crippen LogP contribution < -0.4 is 5.32 Å². The van der Waals surface area contributed by atoms with Crippen LogP contribution in [-0.4, -0.2) is 25.0 Å². The van der Waals surface area contributed by atoms with Crippen LogP contribution in [0.15, 0.2) is 24.3 Å². The Bertz CT molecular complexity index is 838. The molecule has 0 fully saturated rings. The van der Waals surface area contributed by atoms with E-state index in [0.717, 1.165) is 46.9 Å². The van der Waals surface area contributed by atoms with Gasteiger partial charge in [0.05, 0.1) is 22.8 Å². The Balaban J connectivity index is 1.82. The number of amides is 1. The van der Waals surface area contributed by atoms with Gasteiger partial charge in [-0.1, -0.05) is 30.0 Å². The maximum absolute atomic E-state index is 12.5. The lowest BCUT2D eigenvalue weighted by molar-refractivity contribution is 0.0941. The number of hydrogen-bond donors (Lipinski definition) is 1. The van der Waals surface area contributed by atoms with E-state index in [1.807, 2.05) is 42.8 Å². The van der Waals surface area contributed by atoms with Crippen molar-refractivity contribution in [1.29, 1.82) is 0 Å². The average molecular weight is 329 g/mol. The van der Waals surface area contributed by atoms with Crippen LogP contribution in [0.1, 0.15) is 47.5 Å². The second kappa shape index (κ2) is 6.45. The highest BCUT2D eigenvalue weighted by molar-refractivity contribution is 7.08. The summed E-state index contributed by atoms with van der Waals surface area (Å²) in [6.45, 7) is 4.00. The molecule has 1 amide bonds. The Morgan fingerprint density at radius 3 is 2.91 bits per heavy atom. The smallest absolute Gasteiger partial charge is 0.265 e. The summed E-state index contributed by atoms with van der Waals surface area (Å²) < 4.78 is 5.92. The first-order chi connectivity index (χ1) is 11.1. The number of carbonyl (C=O) groups is 1. The molecular weight excluding hydrogens is 310 g/mol. The van der Waals surface area contributed by atoms with Crippen molar-refractivity contribution in [3.63, 3.8) is 0 Å². The zero-order valence-corrected chi connectivity index (χ0v) is 14.2. The molecule has 0 bridgehead atoms. The highest BCUT2D eigenvalue weighted by Crippen LogP contribution is 2.20. The second-order valence-corrected chi connectivity index (χ2v) is 6.27. The number of para-hydroxylation sites is 2. The van der Waals surface area contributed by atoms with Gasteiger partial charge in [-0.05, 0) is 37.0 Å². The van der Waals surface area contributed by atoms with E-state index in [9.17, 15) is 4.79 Å². The number of rotatable bonds is 5. The molecule has 3 aromatic rings. The van der Waals surface area contributed by atoms with Crippen molar-refractivity contribution in [3.8, 4) is 0 Å². The fourth-order valence-electron chi connectivity index (χ4n) is 2.66. The molecule has 2 heterocycles. The normalized spacial score (nSPS) is 12.5. The number of nitrogens with one attached hydrogen (secondary N) is 1. The summed E-state index contributed by atoms with van der Waals surface area (Å²) in [7, 11) is 1.96. The van der Waals surface area contributed by atoms with Gasteiger partial charge >= 0.3 is 0 Å². The van der Waals surface area contributed by atoms with E-state index in [1.54, 1.807) is 0 Å². The van der Waals surface area contributed by atoms with Gasteiger partial charge < -0.3 is 9.88 Å². The van der Waals surface area contributed by atoms with Crippen LogP contribution in [0.25, 0.3) is 11.0 Å². The zero-order chi connectivity index (χ0) is 16.4. The van der Waals surface area contributed by atoms with Crippen LogP contribution in [0.3, 0.4) is 0 Å². The van der Waals surface area contributed by atoms with Gasteiger partial charge in [0.2, 0.25) is 0 Å². The van der Waals surface area contributed by atoms with E-state index >= 15 is 0 Å². The minimum Gasteiger partial charge on any atom is -0.342 e. The molecule has 23 heavy (non-hydrogen) atoms. The third-order valence-electron chi connectivity index (χ3n) is 3.81. The van der Waals surface area contributed by atoms with Gasteiger partial charge in [-0.2, -0.15) is 0 Å². The molecule has 0 unspecified atom stereocenters. The molecule has 0 radical (unpaired) electrons. The quantitative estimate of drug-likeness (QED) is 0.781. The predicted octanol–water partition coefficient (Wildman–Crippen LogP) is 2.87. The first-order valence-electron chi connectivity index (χ1n) is 7.65. The minimum absolute atomic E-state index is 0.136. The van der Waals surface area contributed by atoms with Crippen molar-refractivity contribution in [3.05, 3.63) is 40.7 Å². The largest absolute Gasteiger partial charge is 0.342 e. The Morgan fingerprint density at radius 1 is 1.39 bits per heavy atom. The van der Waals surface area contributed by atoms with Gasteiger partial charge in [-0.15, -0.1) is 5.10 Å². The topological polar surface area (TPSA) is 72.7 Å². The maximum atomic E-state index is 12.5. The summed E-state index contributed by atoms with van der Waals surface area (Å²) in [5, 5.41) is 7.05. The molecule has 0 aliphatic carbocycles. The minimum atomic E-state index is -0.198. The summed E-state index contributed by atoms with van der Waals surface area (Å²) in [5.74, 6) is 0.692. The molecule has 1 N–H and O–H groups in total. The lowest BCUT2D eigenvalue weighted by Crippen LogP contribution is -2.28. The second-order valence-electron chi connectivity index (χ2n) is 5.51. The van der Waals surface area contributed by atoms with Crippen LogP contribution >= 0.6 is 11.5 Å². The molecular formula is C16H19N5OS. The molecule has 0 spiro atoms. The number of fused-ring (bicyclic) bond motifs is 1. The van der Waals surface area contributed by atoms with Gasteiger partial charge in [0, 0.05) is 7.05 Å². The van der Waals surface area contributed by atoms with Crippen LogP contribution in [-0.2, 0) is 13.5 Å². The fraction of sp³-hybridized carbons (Fsp3) is 0.375. The zero-order valence-electron chi connectivity index (χ0n) is 13.4. The van der Waals surface area contributed by atoms with Gasteiger partial charge in [0.15, 0.2) is 0 Å². The monoisotopic (exact) mass is 329 g/mol. The standard InChI is InChI=1S/C16H19N5OS/c1-4-7-12-14(23-20-19-12)16(22)17-10(2)15-18-11-8-5-6-9-13(11)21(15)3/h5-6,8-10H,4,7H2,1-3H3,(H,17,22)/t10-/m1/s1. The lowest BCUT2D eigenvalue weighted by Gasteiger charge is -2.13. The predicted molar refractivity (Wildman–Crippen MR) is 90.5 cm³/mol. The number of imidazole rings is 1. The van der Waals surface area contributed by atoms with Crippen LogP contribution in [0.5, 0.6) is 0 Å². The van der Waals surface area contributed by atoms with E-state index < -0.39 is 0 Å². The van der Waals surface area contributed by atoms with E-state index in [2.05, 4.69) is 26.8 Å². The fourth-order valence-corrected chi connectivity index (χ4v) is 3.27. The molecule has 1 atom stereocenters. The highest BCUT2D eigenvalue weighted by Gasteiger charge is 2.21. The molecule has 120 valence electrons. The van der Waals surface area contributed by atoms with Crippen LogP contribution in [0, 0.1) is 0 Å². The maximum Gasteiger partial charge on any atom is 0.265 e. The summed E-state index contributed by atoms with van der Waals surface area (Å²) in [4.78, 5) is 17.7. The lowest BCUT2D eigenvalue weighted by atomic mass is 10.2. The van der Waals surface area contributed by atoms with Gasteiger partial charge in [-0.25, -0.2) is 4.98 Å². The van der Waals surface area contributed by atoms with Crippen molar-refractivity contribution in [2.75, 3.05) is 0 Å². The van der Waals surface area contributed by atoms with Gasteiger partial charge in [0.1, 0.15) is 10.7 Å². The van der Waals surface area contributed by atoms with E-state index in [1.165, 1.54) is 0 Å². The van der Waals surface area contributed by atoms with Gasteiger partial charge in [-0.3, -0.25) is 4.79 Å². The molecule has 3 rings (SSSR count). The highest BCUT2D eigenvalue weighted by atomic mass is 32.1. The number of hydrogen-bond acceptors (Lipinski definition) is 5. The number of aryl methyl sites for hydroxylation is 2. The Hall–Kier alpha value is -2.28. The molecule has 7 heteroatoms. The average Bonchev–Trinajstić information content (AvgIpc) is 3.13. The van der Waals surface area contributed by atoms with Crippen LogP contribution in [0.4, 0.5) is 0 Å². The third-order valence-corrected chi connectivity index (χ3v) is 4.57. The Kier molecular flexibility index (Phi) is 4.38. The third kappa shape index (κ3) is 2.96. The van der Waals surface area contributed by atoms with E-state index in [4.69, 9.17) is 0 Å². The first kappa shape index (κ1) is 15.6. The van der Waals surface area contributed by atoms with Crippen molar-refractivity contribution in [2.24, 2.45) is 7.05 Å². The SMILES string of the molecule is CCCc1nnsc1C(=O)N[C@H](C)c1nc2ccccc2n1C. The molecule has 0 saturated heterocycles. The molecule has 0 aliphatic heterocycles. The summed E-state index contributed by atoms with van der Waals surface area (Å²) in [6, 6.07) is 7.74. The summed E-state index contributed by atoms with van der Waals surface area (Å²) in [5.41, 5.74) is 2.75. The molecule has 2 aromatic heterocycles. The first-order valence-corrected chi connectivity index (χ1v) is 8.42. The van der Waals surface area contributed by atoms with E-state index in [0.29, 0.717) is 4.88 Å². The number of aromatic nitrogens is 4. The molecule has 6 nitrogen and oxygen atoms in total. The number of carbonyl (C=O) groups excluding carboxylic acids is 1. The van der Waals surface area contributed by atoms with Gasteiger partial charge in [0.25, 0.3) is 5.91 Å². The number of benzene rings is 1. The van der Waals surface area contributed by atoms with Crippen molar-refractivity contribution >= 4 is 28.5 Å².